The second kappa shape index (κ2) is 6.31. The number of rotatable bonds is 4. The van der Waals surface area contributed by atoms with Gasteiger partial charge in [0.1, 0.15) is 11.3 Å². The van der Waals surface area contributed by atoms with E-state index in [4.69, 9.17) is 4.42 Å². The summed E-state index contributed by atoms with van der Waals surface area (Å²) in [6.07, 6.45) is 3.94. The fourth-order valence-electron chi connectivity index (χ4n) is 2.95. The minimum Gasteiger partial charge on any atom is -0.459 e. The minimum absolute atomic E-state index is 0.0412. The highest BCUT2D eigenvalue weighted by Gasteiger charge is 2.22. The topological polar surface area (TPSA) is 45.5 Å². The molecule has 1 N–H and O–H groups in total. The zero-order chi connectivity index (χ0) is 14.7. The first-order chi connectivity index (χ1) is 10.3. The molecule has 2 heterocycles. The number of hydrogen-bond acceptors (Lipinski definition) is 3. The molecule has 1 aromatic carbocycles. The van der Waals surface area contributed by atoms with E-state index in [0.717, 1.165) is 42.5 Å². The van der Waals surface area contributed by atoms with Crippen molar-refractivity contribution in [3.05, 3.63) is 36.1 Å². The van der Waals surface area contributed by atoms with E-state index in [2.05, 4.69) is 11.4 Å². The second-order valence-corrected chi connectivity index (χ2v) is 5.68. The first-order valence-corrected chi connectivity index (χ1v) is 7.71. The lowest BCUT2D eigenvalue weighted by molar-refractivity contribution is -0.131. The van der Waals surface area contributed by atoms with Crippen molar-refractivity contribution >= 4 is 16.9 Å². The molecule has 112 valence electrons. The number of likely N-dealkylation sites (N-methyl/N-ethyl adjacent to an activating group) is 1. The second-order valence-electron chi connectivity index (χ2n) is 5.68. The summed E-state index contributed by atoms with van der Waals surface area (Å²) >= 11 is 0. The normalized spacial score (nSPS) is 18.0. The molecule has 21 heavy (non-hydrogen) atoms. The summed E-state index contributed by atoms with van der Waals surface area (Å²) in [5.74, 6) is 1.17. The van der Waals surface area contributed by atoms with E-state index in [9.17, 15) is 4.79 Å². The molecule has 4 nitrogen and oxygen atoms in total. The number of nitrogens with zero attached hydrogens (tertiary/aromatic N) is 1. The maximum atomic E-state index is 12.1. The molecule has 1 aromatic heterocycles. The van der Waals surface area contributed by atoms with Crippen LogP contribution in [0.1, 0.15) is 37.5 Å². The number of hydrogen-bond donors (Lipinski definition) is 1. The number of carbonyl (C=O) groups is 1. The van der Waals surface area contributed by atoms with Crippen LogP contribution in [0.5, 0.6) is 0 Å². The Morgan fingerprint density at radius 2 is 2.14 bits per heavy atom. The van der Waals surface area contributed by atoms with E-state index in [-0.39, 0.29) is 11.9 Å². The van der Waals surface area contributed by atoms with Crippen molar-refractivity contribution in [1.82, 2.24) is 10.2 Å². The van der Waals surface area contributed by atoms with Gasteiger partial charge in [-0.2, -0.15) is 0 Å². The van der Waals surface area contributed by atoms with E-state index in [1.807, 2.05) is 36.2 Å². The summed E-state index contributed by atoms with van der Waals surface area (Å²) in [6.45, 7) is 1.53. The Morgan fingerprint density at radius 1 is 1.29 bits per heavy atom. The van der Waals surface area contributed by atoms with Crippen LogP contribution in [0.25, 0.3) is 11.0 Å². The highest BCUT2D eigenvalue weighted by Crippen LogP contribution is 2.25. The summed E-state index contributed by atoms with van der Waals surface area (Å²) in [4.78, 5) is 14.1. The molecule has 1 unspecified atom stereocenters. The van der Waals surface area contributed by atoms with Gasteiger partial charge in [0.05, 0.1) is 6.04 Å². The highest BCUT2D eigenvalue weighted by atomic mass is 16.3. The lowest BCUT2D eigenvalue weighted by atomic mass is 10.2. The van der Waals surface area contributed by atoms with Crippen LogP contribution < -0.4 is 5.32 Å². The largest absolute Gasteiger partial charge is 0.459 e. The van der Waals surface area contributed by atoms with Crippen LogP contribution in [0.3, 0.4) is 0 Å². The third-order valence-electron chi connectivity index (χ3n) is 4.21. The van der Waals surface area contributed by atoms with Gasteiger partial charge in [0.25, 0.3) is 0 Å². The Bertz CT molecular complexity index is 587. The van der Waals surface area contributed by atoms with Gasteiger partial charge in [-0.05, 0) is 32.0 Å². The fourth-order valence-corrected chi connectivity index (χ4v) is 2.95. The van der Waals surface area contributed by atoms with Crippen molar-refractivity contribution < 1.29 is 9.21 Å². The molecule has 1 amide bonds. The number of amides is 1. The summed E-state index contributed by atoms with van der Waals surface area (Å²) in [7, 11) is 1.92. The van der Waals surface area contributed by atoms with Crippen molar-refractivity contribution in [1.29, 1.82) is 0 Å². The molecule has 0 spiro atoms. The van der Waals surface area contributed by atoms with Gasteiger partial charge in [-0.15, -0.1) is 0 Å². The predicted octanol–water partition coefficient (Wildman–Crippen LogP) is 3.10. The first kappa shape index (κ1) is 14.1. The molecule has 1 aliphatic rings. The average molecular weight is 286 g/mol. The van der Waals surface area contributed by atoms with E-state index < -0.39 is 0 Å². The van der Waals surface area contributed by atoms with Crippen LogP contribution in [-0.4, -0.2) is 30.9 Å². The van der Waals surface area contributed by atoms with Crippen LogP contribution in [0.4, 0.5) is 0 Å². The SMILES string of the molecule is CNC(CN1CCCCCC1=O)c1cc2ccccc2o1. The summed E-state index contributed by atoms with van der Waals surface area (Å²) in [6, 6.07) is 10.1. The quantitative estimate of drug-likeness (QED) is 0.939. The molecular weight excluding hydrogens is 264 g/mol. The van der Waals surface area contributed by atoms with Crippen LogP contribution in [0.2, 0.25) is 0 Å². The molecule has 1 saturated heterocycles. The number of benzene rings is 1. The van der Waals surface area contributed by atoms with E-state index >= 15 is 0 Å². The summed E-state index contributed by atoms with van der Waals surface area (Å²) in [5.41, 5.74) is 0.898. The maximum absolute atomic E-state index is 12.1. The van der Waals surface area contributed by atoms with Crippen molar-refractivity contribution in [2.45, 2.75) is 31.7 Å². The van der Waals surface area contributed by atoms with Gasteiger partial charge >= 0.3 is 0 Å². The number of fused-ring (bicyclic) bond motifs is 1. The van der Waals surface area contributed by atoms with Gasteiger partial charge in [0.15, 0.2) is 0 Å². The fraction of sp³-hybridized carbons (Fsp3) is 0.471. The zero-order valence-electron chi connectivity index (χ0n) is 12.5. The van der Waals surface area contributed by atoms with Crippen LogP contribution in [0, 0.1) is 0 Å². The standard InChI is InChI=1S/C17H22N2O2/c1-18-14(12-19-10-6-2-3-9-17(19)20)16-11-13-7-4-5-8-15(13)21-16/h4-5,7-8,11,14,18H,2-3,6,9-10,12H2,1H3. The number of nitrogens with one attached hydrogen (secondary N) is 1. The predicted molar refractivity (Wildman–Crippen MR) is 83.1 cm³/mol. The van der Waals surface area contributed by atoms with Gasteiger partial charge in [-0.3, -0.25) is 4.79 Å². The number of furan rings is 1. The smallest absolute Gasteiger partial charge is 0.222 e. The Kier molecular flexibility index (Phi) is 4.25. The van der Waals surface area contributed by atoms with Crippen LogP contribution in [-0.2, 0) is 4.79 Å². The first-order valence-electron chi connectivity index (χ1n) is 7.71. The minimum atomic E-state index is 0.0412. The Labute approximate surface area is 125 Å². The third kappa shape index (κ3) is 3.10. The van der Waals surface area contributed by atoms with Gasteiger partial charge < -0.3 is 14.6 Å². The van der Waals surface area contributed by atoms with Gasteiger partial charge in [0, 0.05) is 24.9 Å². The number of carbonyl (C=O) groups excluding carboxylic acids is 1. The maximum Gasteiger partial charge on any atom is 0.222 e. The molecule has 3 rings (SSSR count). The van der Waals surface area contributed by atoms with Crippen molar-refractivity contribution in [2.75, 3.05) is 20.1 Å². The van der Waals surface area contributed by atoms with Gasteiger partial charge in [0.2, 0.25) is 5.91 Å². The molecule has 1 fully saturated rings. The molecule has 2 aromatic rings. The van der Waals surface area contributed by atoms with Crippen molar-refractivity contribution in [3.63, 3.8) is 0 Å². The number of para-hydroxylation sites is 1. The van der Waals surface area contributed by atoms with Crippen molar-refractivity contribution in [3.8, 4) is 0 Å². The van der Waals surface area contributed by atoms with E-state index in [0.29, 0.717) is 13.0 Å². The molecule has 4 heteroatoms. The molecule has 1 aliphatic heterocycles. The van der Waals surface area contributed by atoms with Gasteiger partial charge in [-0.25, -0.2) is 0 Å². The molecule has 0 saturated carbocycles. The number of likely N-dealkylation sites (tertiary alicyclic amines) is 1. The average Bonchev–Trinajstić information content (AvgIpc) is 2.83. The van der Waals surface area contributed by atoms with Crippen molar-refractivity contribution in [2.24, 2.45) is 0 Å². The van der Waals surface area contributed by atoms with Gasteiger partial charge in [-0.1, -0.05) is 24.6 Å². The Hall–Kier alpha value is -1.81. The summed E-state index contributed by atoms with van der Waals surface area (Å²) in [5, 5.41) is 4.39. The Balaban J connectivity index is 1.79. The Morgan fingerprint density at radius 3 is 2.95 bits per heavy atom. The van der Waals surface area contributed by atoms with E-state index in [1.165, 1.54) is 0 Å². The van der Waals surface area contributed by atoms with Crippen LogP contribution >= 0.6 is 0 Å². The zero-order valence-corrected chi connectivity index (χ0v) is 12.5. The lowest BCUT2D eigenvalue weighted by Gasteiger charge is -2.25. The molecule has 1 atom stereocenters. The molecule has 0 bridgehead atoms. The molecule has 0 aliphatic carbocycles. The third-order valence-corrected chi connectivity index (χ3v) is 4.21. The monoisotopic (exact) mass is 286 g/mol. The highest BCUT2D eigenvalue weighted by molar-refractivity contribution is 5.78. The summed E-state index contributed by atoms with van der Waals surface area (Å²) < 4.78 is 5.93. The lowest BCUT2D eigenvalue weighted by Crippen LogP contribution is -2.37. The molecular formula is C17H22N2O2. The van der Waals surface area contributed by atoms with Crippen LogP contribution in [0.15, 0.2) is 34.7 Å². The van der Waals surface area contributed by atoms with E-state index in [1.54, 1.807) is 0 Å². The molecule has 0 radical (unpaired) electrons.